The summed E-state index contributed by atoms with van der Waals surface area (Å²) in [5.74, 6) is 0.000207. The van der Waals surface area contributed by atoms with Gasteiger partial charge in [-0.25, -0.2) is 4.79 Å². The Morgan fingerprint density at radius 1 is 1.00 bits per heavy atom. The lowest BCUT2D eigenvalue weighted by Gasteiger charge is -2.08. The summed E-state index contributed by atoms with van der Waals surface area (Å²) in [6, 6.07) is 16.7. The molecule has 2 aromatic rings. The number of nitrogens with one attached hydrogen (secondary N) is 1. The van der Waals surface area contributed by atoms with Gasteiger partial charge in [0.1, 0.15) is 5.75 Å². The van der Waals surface area contributed by atoms with Gasteiger partial charge in [0.15, 0.2) is 6.61 Å². The summed E-state index contributed by atoms with van der Waals surface area (Å²) in [5, 5.41) is 2.83. The van der Waals surface area contributed by atoms with E-state index in [4.69, 9.17) is 9.47 Å². The van der Waals surface area contributed by atoms with E-state index in [1.165, 1.54) is 5.56 Å². The van der Waals surface area contributed by atoms with Crippen molar-refractivity contribution in [1.29, 1.82) is 0 Å². The fourth-order valence-corrected chi connectivity index (χ4v) is 2.27. The van der Waals surface area contributed by atoms with Gasteiger partial charge in [0.25, 0.3) is 5.91 Å². The van der Waals surface area contributed by atoms with Crippen LogP contribution in [0.25, 0.3) is 0 Å². The highest BCUT2D eigenvalue weighted by molar-refractivity contribution is 5.89. The fourth-order valence-electron chi connectivity index (χ4n) is 2.27. The standard InChI is InChI=1S/C20H23NO4/c1-2-24-20(23)17-10-12-18(13-11-17)25-15-19(22)21-14-6-9-16-7-4-3-5-8-16/h3-5,7-8,10-13H,2,6,9,14-15H2,1H3,(H,21,22). The molecule has 1 N–H and O–H groups in total. The predicted molar refractivity (Wildman–Crippen MR) is 95.7 cm³/mol. The van der Waals surface area contributed by atoms with Gasteiger partial charge < -0.3 is 14.8 Å². The molecule has 0 aliphatic heterocycles. The minimum absolute atomic E-state index is 0.0515. The van der Waals surface area contributed by atoms with Gasteiger partial charge in [-0.3, -0.25) is 4.79 Å². The van der Waals surface area contributed by atoms with E-state index >= 15 is 0 Å². The quantitative estimate of drug-likeness (QED) is 0.562. The zero-order valence-electron chi connectivity index (χ0n) is 14.4. The Morgan fingerprint density at radius 2 is 1.72 bits per heavy atom. The van der Waals surface area contributed by atoms with Gasteiger partial charge >= 0.3 is 5.97 Å². The predicted octanol–water partition coefficient (Wildman–Crippen LogP) is 2.99. The van der Waals surface area contributed by atoms with E-state index in [0.29, 0.717) is 24.5 Å². The highest BCUT2D eigenvalue weighted by Crippen LogP contribution is 2.12. The van der Waals surface area contributed by atoms with Crippen LogP contribution < -0.4 is 10.1 Å². The van der Waals surface area contributed by atoms with Crippen molar-refractivity contribution in [2.75, 3.05) is 19.8 Å². The van der Waals surface area contributed by atoms with Gasteiger partial charge in [-0.15, -0.1) is 0 Å². The number of hydrogen-bond donors (Lipinski definition) is 1. The summed E-state index contributed by atoms with van der Waals surface area (Å²) < 4.78 is 10.3. The van der Waals surface area contributed by atoms with Gasteiger partial charge in [-0.05, 0) is 49.6 Å². The maximum Gasteiger partial charge on any atom is 0.338 e. The topological polar surface area (TPSA) is 64.6 Å². The molecule has 0 unspecified atom stereocenters. The van der Waals surface area contributed by atoms with Gasteiger partial charge in [0, 0.05) is 6.54 Å². The molecule has 132 valence electrons. The Bertz CT molecular complexity index is 668. The van der Waals surface area contributed by atoms with Gasteiger partial charge in [0.2, 0.25) is 0 Å². The van der Waals surface area contributed by atoms with E-state index in [0.717, 1.165) is 12.8 Å². The second kappa shape index (κ2) is 10.1. The van der Waals surface area contributed by atoms with Crippen LogP contribution in [0.15, 0.2) is 54.6 Å². The average molecular weight is 341 g/mol. The maximum absolute atomic E-state index is 11.8. The SMILES string of the molecule is CCOC(=O)c1ccc(OCC(=O)NCCCc2ccccc2)cc1. The smallest absolute Gasteiger partial charge is 0.338 e. The first-order chi connectivity index (χ1) is 12.2. The minimum Gasteiger partial charge on any atom is -0.484 e. The molecule has 25 heavy (non-hydrogen) atoms. The molecular formula is C20H23NO4. The molecule has 5 heteroatoms. The van der Waals surface area contributed by atoms with Crippen LogP contribution in [-0.2, 0) is 16.0 Å². The third kappa shape index (κ3) is 6.67. The molecule has 0 spiro atoms. The Hall–Kier alpha value is -2.82. The molecule has 0 aromatic heterocycles. The molecule has 0 atom stereocenters. The lowest BCUT2D eigenvalue weighted by atomic mass is 10.1. The van der Waals surface area contributed by atoms with Crippen molar-refractivity contribution in [3.8, 4) is 5.75 Å². The highest BCUT2D eigenvalue weighted by atomic mass is 16.5. The molecule has 0 radical (unpaired) electrons. The largest absolute Gasteiger partial charge is 0.484 e. The Labute approximate surface area is 148 Å². The van der Waals surface area contributed by atoms with Crippen molar-refractivity contribution >= 4 is 11.9 Å². The highest BCUT2D eigenvalue weighted by Gasteiger charge is 2.07. The van der Waals surface area contributed by atoms with Crippen molar-refractivity contribution in [1.82, 2.24) is 5.32 Å². The van der Waals surface area contributed by atoms with Crippen molar-refractivity contribution in [3.05, 3.63) is 65.7 Å². The molecule has 0 bridgehead atoms. The molecule has 0 fully saturated rings. The number of ether oxygens (including phenoxy) is 2. The van der Waals surface area contributed by atoms with Crippen molar-refractivity contribution in [3.63, 3.8) is 0 Å². The lowest BCUT2D eigenvalue weighted by Crippen LogP contribution is -2.29. The van der Waals surface area contributed by atoms with E-state index in [1.54, 1.807) is 31.2 Å². The van der Waals surface area contributed by atoms with Gasteiger partial charge in [-0.2, -0.15) is 0 Å². The fraction of sp³-hybridized carbons (Fsp3) is 0.300. The van der Waals surface area contributed by atoms with Crippen LogP contribution in [0, 0.1) is 0 Å². The zero-order valence-corrected chi connectivity index (χ0v) is 14.4. The van der Waals surface area contributed by atoms with E-state index < -0.39 is 0 Å². The normalized spacial score (nSPS) is 10.1. The van der Waals surface area contributed by atoms with Crippen LogP contribution in [0.3, 0.4) is 0 Å². The first-order valence-electron chi connectivity index (χ1n) is 8.39. The summed E-state index contributed by atoms with van der Waals surface area (Å²) in [5.41, 5.74) is 1.72. The number of rotatable bonds is 9. The second-order valence-electron chi connectivity index (χ2n) is 5.47. The summed E-state index contributed by atoms with van der Waals surface area (Å²) >= 11 is 0. The Morgan fingerprint density at radius 3 is 2.40 bits per heavy atom. The van der Waals surface area contributed by atoms with Crippen molar-refractivity contribution in [2.24, 2.45) is 0 Å². The number of aryl methyl sites for hydroxylation is 1. The van der Waals surface area contributed by atoms with Crippen LogP contribution in [0.1, 0.15) is 29.3 Å². The van der Waals surface area contributed by atoms with E-state index in [1.807, 2.05) is 18.2 Å². The first kappa shape index (κ1) is 18.5. The third-order valence-electron chi connectivity index (χ3n) is 3.54. The number of amides is 1. The number of benzene rings is 2. The molecular weight excluding hydrogens is 318 g/mol. The molecule has 0 saturated heterocycles. The van der Waals surface area contributed by atoms with Crippen LogP contribution in [0.4, 0.5) is 0 Å². The molecule has 1 amide bonds. The van der Waals surface area contributed by atoms with E-state index in [-0.39, 0.29) is 18.5 Å². The van der Waals surface area contributed by atoms with Gasteiger partial charge in [0.05, 0.1) is 12.2 Å². The van der Waals surface area contributed by atoms with Crippen LogP contribution in [-0.4, -0.2) is 31.6 Å². The Balaban J connectivity index is 1.65. The van der Waals surface area contributed by atoms with Gasteiger partial charge in [-0.1, -0.05) is 30.3 Å². The van der Waals surface area contributed by atoms with E-state index in [9.17, 15) is 9.59 Å². The summed E-state index contributed by atoms with van der Waals surface area (Å²) in [7, 11) is 0. The zero-order chi connectivity index (χ0) is 17.9. The van der Waals surface area contributed by atoms with Crippen LogP contribution in [0.2, 0.25) is 0 Å². The van der Waals surface area contributed by atoms with Crippen molar-refractivity contribution < 1.29 is 19.1 Å². The maximum atomic E-state index is 11.8. The molecule has 2 rings (SSSR count). The number of carbonyl (C=O) groups is 2. The number of carbonyl (C=O) groups excluding carboxylic acids is 2. The molecule has 0 heterocycles. The molecule has 2 aromatic carbocycles. The molecule has 0 aliphatic rings. The summed E-state index contributed by atoms with van der Waals surface area (Å²) in [6.45, 7) is 2.65. The molecule has 0 aliphatic carbocycles. The number of esters is 1. The lowest BCUT2D eigenvalue weighted by molar-refractivity contribution is -0.123. The summed E-state index contributed by atoms with van der Waals surface area (Å²) in [4.78, 5) is 23.3. The monoisotopic (exact) mass is 341 g/mol. The third-order valence-corrected chi connectivity index (χ3v) is 3.54. The van der Waals surface area contributed by atoms with Crippen LogP contribution >= 0.6 is 0 Å². The first-order valence-corrected chi connectivity index (χ1v) is 8.39. The molecule has 0 saturated carbocycles. The molecule has 5 nitrogen and oxygen atoms in total. The Kier molecular flexibility index (Phi) is 7.50. The average Bonchev–Trinajstić information content (AvgIpc) is 2.65. The van der Waals surface area contributed by atoms with Crippen LogP contribution in [0.5, 0.6) is 5.75 Å². The van der Waals surface area contributed by atoms with Crippen molar-refractivity contribution in [2.45, 2.75) is 19.8 Å². The number of hydrogen-bond acceptors (Lipinski definition) is 4. The summed E-state index contributed by atoms with van der Waals surface area (Å²) in [6.07, 6.45) is 1.81. The second-order valence-corrected chi connectivity index (χ2v) is 5.47. The van der Waals surface area contributed by atoms with E-state index in [2.05, 4.69) is 17.4 Å². The minimum atomic E-state index is -0.370.